The minimum atomic E-state index is 0.663. The van der Waals surface area contributed by atoms with Crippen LogP contribution in [0.4, 0.5) is 0 Å². The first kappa shape index (κ1) is 7.05. The van der Waals surface area contributed by atoms with E-state index < -0.39 is 0 Å². The third-order valence-electron chi connectivity index (χ3n) is 4.03. The van der Waals surface area contributed by atoms with E-state index in [1.165, 1.54) is 24.8 Å². The van der Waals surface area contributed by atoms with Crippen LogP contribution in [0.1, 0.15) is 33.7 Å². The lowest BCUT2D eigenvalue weighted by Gasteiger charge is -2.39. The summed E-state index contributed by atoms with van der Waals surface area (Å²) >= 11 is 0. The van der Waals surface area contributed by atoms with Crippen molar-refractivity contribution in [3.05, 3.63) is 52.1 Å². The Morgan fingerprint density at radius 3 is 2.86 bits per heavy atom. The van der Waals surface area contributed by atoms with Crippen molar-refractivity contribution in [2.24, 2.45) is 0 Å². The standard InChI is InChI=1S/C14H12/c1-8-2-4-12-11-5-3-9(11)6-10-7-13(8)14(10)12/h2,4,6,13H,1,3,5,7H2. The number of benzene rings is 1. The van der Waals surface area contributed by atoms with Crippen molar-refractivity contribution in [3.63, 3.8) is 0 Å². The van der Waals surface area contributed by atoms with Gasteiger partial charge in [0.15, 0.2) is 0 Å². The molecule has 0 spiro atoms. The van der Waals surface area contributed by atoms with Crippen LogP contribution < -0.4 is 0 Å². The van der Waals surface area contributed by atoms with Gasteiger partial charge in [0.2, 0.25) is 0 Å². The van der Waals surface area contributed by atoms with Gasteiger partial charge < -0.3 is 0 Å². The Labute approximate surface area is 84.0 Å². The van der Waals surface area contributed by atoms with Crippen molar-refractivity contribution < 1.29 is 0 Å². The minimum Gasteiger partial charge on any atom is -0.0952 e. The summed E-state index contributed by atoms with van der Waals surface area (Å²) in [5.74, 6) is 0.663. The summed E-state index contributed by atoms with van der Waals surface area (Å²) in [6.45, 7) is 4.12. The molecule has 1 aromatic rings. The predicted octanol–water partition coefficient (Wildman–Crippen LogP) is 3.01. The first-order chi connectivity index (χ1) is 6.84. The molecule has 0 fully saturated rings. The van der Waals surface area contributed by atoms with Gasteiger partial charge in [-0.1, -0.05) is 24.8 Å². The molecule has 4 rings (SSSR count). The van der Waals surface area contributed by atoms with E-state index in [4.69, 9.17) is 0 Å². The molecule has 0 radical (unpaired) electrons. The van der Waals surface area contributed by atoms with Gasteiger partial charge in [0.1, 0.15) is 0 Å². The molecule has 0 amide bonds. The molecule has 14 heavy (non-hydrogen) atoms. The van der Waals surface area contributed by atoms with Crippen molar-refractivity contribution in [2.75, 3.05) is 0 Å². The van der Waals surface area contributed by atoms with Gasteiger partial charge in [-0.15, -0.1) is 0 Å². The predicted molar refractivity (Wildman–Crippen MR) is 58.5 cm³/mol. The van der Waals surface area contributed by atoms with Gasteiger partial charge in [-0.2, -0.15) is 0 Å². The molecule has 0 bridgehead atoms. The molecule has 0 aliphatic heterocycles. The maximum atomic E-state index is 4.12. The molecule has 3 aliphatic rings. The molecule has 0 heterocycles. The van der Waals surface area contributed by atoms with Crippen LogP contribution in [0.5, 0.6) is 0 Å². The summed E-state index contributed by atoms with van der Waals surface area (Å²) in [4.78, 5) is 0. The second-order valence-corrected chi connectivity index (χ2v) is 4.67. The third kappa shape index (κ3) is 0.608. The van der Waals surface area contributed by atoms with Gasteiger partial charge in [-0.3, -0.25) is 0 Å². The topological polar surface area (TPSA) is 0 Å². The monoisotopic (exact) mass is 180 g/mol. The molecular weight excluding hydrogens is 168 g/mol. The van der Waals surface area contributed by atoms with Crippen LogP contribution in [-0.4, -0.2) is 0 Å². The molecule has 1 atom stereocenters. The number of fused-ring (bicyclic) bond motifs is 2. The fourth-order valence-corrected chi connectivity index (χ4v) is 3.07. The Hall–Kier alpha value is -1.30. The summed E-state index contributed by atoms with van der Waals surface area (Å²) in [5, 5.41) is 0. The average molecular weight is 180 g/mol. The molecule has 0 N–H and O–H groups in total. The van der Waals surface area contributed by atoms with Gasteiger partial charge in [-0.25, -0.2) is 0 Å². The molecule has 0 saturated heterocycles. The Morgan fingerprint density at radius 2 is 2.07 bits per heavy atom. The van der Waals surface area contributed by atoms with Crippen LogP contribution in [0.2, 0.25) is 0 Å². The average Bonchev–Trinajstić information content (AvgIpc) is 2.07. The maximum absolute atomic E-state index is 4.12. The number of allylic oxidation sites excluding steroid dienone is 2. The van der Waals surface area contributed by atoms with Crippen LogP contribution >= 0.6 is 0 Å². The van der Waals surface area contributed by atoms with Gasteiger partial charge in [-0.05, 0) is 52.7 Å². The van der Waals surface area contributed by atoms with Crippen molar-refractivity contribution >= 4 is 6.08 Å². The fraction of sp³-hybridized carbons (Fsp3) is 0.286. The Kier molecular flexibility index (Phi) is 1.02. The first-order valence-corrected chi connectivity index (χ1v) is 5.39. The highest BCUT2D eigenvalue weighted by Gasteiger charge is 2.35. The fourth-order valence-electron chi connectivity index (χ4n) is 3.07. The summed E-state index contributed by atoms with van der Waals surface area (Å²) in [6.07, 6.45) is 8.33. The molecule has 0 heteroatoms. The summed E-state index contributed by atoms with van der Waals surface area (Å²) in [5.41, 5.74) is 9.29. The van der Waals surface area contributed by atoms with Gasteiger partial charge in [0.05, 0.1) is 0 Å². The summed E-state index contributed by atoms with van der Waals surface area (Å²) < 4.78 is 0. The van der Waals surface area contributed by atoms with Gasteiger partial charge in [0.25, 0.3) is 0 Å². The smallest absolute Gasteiger partial charge is 0.0133 e. The SMILES string of the molecule is C=C1C=Cc2c3c(cc4c2C1C4)CC3. The lowest BCUT2D eigenvalue weighted by atomic mass is 9.64. The van der Waals surface area contributed by atoms with Crippen molar-refractivity contribution in [2.45, 2.75) is 25.2 Å². The Balaban J connectivity index is 2.09. The second kappa shape index (κ2) is 2.03. The number of rotatable bonds is 0. The van der Waals surface area contributed by atoms with Crippen LogP contribution in [0.25, 0.3) is 6.08 Å². The summed E-state index contributed by atoms with van der Waals surface area (Å²) in [6, 6.07) is 2.43. The molecule has 1 unspecified atom stereocenters. The highest BCUT2D eigenvalue weighted by Crippen LogP contribution is 2.49. The molecule has 0 nitrogen and oxygen atoms in total. The summed E-state index contributed by atoms with van der Waals surface area (Å²) in [7, 11) is 0. The van der Waals surface area contributed by atoms with E-state index in [0.29, 0.717) is 5.92 Å². The van der Waals surface area contributed by atoms with E-state index in [1.54, 1.807) is 27.8 Å². The molecular formula is C14H12. The van der Waals surface area contributed by atoms with Crippen LogP contribution in [0.3, 0.4) is 0 Å². The van der Waals surface area contributed by atoms with Gasteiger partial charge in [0, 0.05) is 5.92 Å². The molecule has 3 aliphatic carbocycles. The quantitative estimate of drug-likeness (QED) is 0.575. The Morgan fingerprint density at radius 1 is 1.14 bits per heavy atom. The van der Waals surface area contributed by atoms with Crippen molar-refractivity contribution in [1.29, 1.82) is 0 Å². The highest BCUT2D eigenvalue weighted by molar-refractivity contribution is 5.74. The molecule has 1 aromatic carbocycles. The molecule has 68 valence electrons. The van der Waals surface area contributed by atoms with E-state index in [9.17, 15) is 0 Å². The lowest BCUT2D eigenvalue weighted by molar-refractivity contribution is 0.681. The number of aryl methyl sites for hydroxylation is 1. The first-order valence-electron chi connectivity index (χ1n) is 5.39. The Bertz CT molecular complexity index is 503. The van der Waals surface area contributed by atoms with Crippen LogP contribution in [0, 0.1) is 0 Å². The van der Waals surface area contributed by atoms with Gasteiger partial charge >= 0.3 is 0 Å². The third-order valence-corrected chi connectivity index (χ3v) is 4.03. The number of hydrogen-bond acceptors (Lipinski definition) is 0. The number of hydrogen-bond donors (Lipinski definition) is 0. The van der Waals surface area contributed by atoms with Crippen molar-refractivity contribution in [3.8, 4) is 0 Å². The normalized spacial score (nSPS) is 24.9. The highest BCUT2D eigenvalue weighted by atomic mass is 14.4. The molecule has 0 aromatic heterocycles. The zero-order valence-electron chi connectivity index (χ0n) is 8.14. The zero-order valence-corrected chi connectivity index (χ0v) is 8.14. The largest absolute Gasteiger partial charge is 0.0952 e. The maximum Gasteiger partial charge on any atom is 0.0133 e. The van der Waals surface area contributed by atoms with E-state index in [1.807, 2.05) is 0 Å². The second-order valence-electron chi connectivity index (χ2n) is 4.67. The molecule has 0 saturated carbocycles. The lowest BCUT2D eigenvalue weighted by Crippen LogP contribution is -2.26. The van der Waals surface area contributed by atoms with Crippen molar-refractivity contribution in [1.82, 2.24) is 0 Å². The van der Waals surface area contributed by atoms with E-state index >= 15 is 0 Å². The van der Waals surface area contributed by atoms with E-state index in [-0.39, 0.29) is 0 Å². The minimum absolute atomic E-state index is 0.663. The zero-order chi connectivity index (χ0) is 9.28. The van der Waals surface area contributed by atoms with E-state index in [0.717, 1.165) is 0 Å². The van der Waals surface area contributed by atoms with E-state index in [2.05, 4.69) is 24.8 Å². The van der Waals surface area contributed by atoms with Crippen LogP contribution in [0.15, 0.2) is 24.3 Å². The van der Waals surface area contributed by atoms with Crippen LogP contribution in [-0.2, 0) is 19.3 Å².